The number of carbonyl (C=O) groups excluding carboxylic acids is 1. The van der Waals surface area contributed by atoms with Gasteiger partial charge in [0.05, 0.1) is 5.69 Å². The van der Waals surface area contributed by atoms with E-state index in [1.165, 1.54) is 0 Å². The lowest BCUT2D eigenvalue weighted by Crippen LogP contribution is -2.03. The molecule has 1 aromatic heterocycles. The predicted molar refractivity (Wildman–Crippen MR) is 61.7 cm³/mol. The van der Waals surface area contributed by atoms with Crippen LogP contribution in [0.5, 0.6) is 5.75 Å². The smallest absolute Gasteiger partial charge is 0.150 e. The monoisotopic (exact) mass is 215 g/mol. The van der Waals surface area contributed by atoms with Gasteiger partial charge in [0, 0.05) is 11.8 Å². The third kappa shape index (κ3) is 2.31. The van der Waals surface area contributed by atoms with Crippen LogP contribution in [0.4, 0.5) is 0 Å². The van der Waals surface area contributed by atoms with E-state index in [1.807, 2.05) is 31.3 Å². The lowest BCUT2D eigenvalue weighted by molar-refractivity contribution is 0.112. The topological polar surface area (TPSA) is 42.1 Å². The summed E-state index contributed by atoms with van der Waals surface area (Å²) in [6.07, 6.45) is 2.61. The van der Waals surface area contributed by atoms with Crippen LogP contribution in [0.1, 0.15) is 29.1 Å². The Bertz CT molecular complexity index is 463. The van der Waals surface area contributed by atoms with Gasteiger partial charge in [0.2, 0.25) is 0 Å². The zero-order valence-corrected chi connectivity index (χ0v) is 9.01. The molecule has 0 aliphatic rings. The first kappa shape index (κ1) is 10.5. The summed E-state index contributed by atoms with van der Waals surface area (Å²) < 4.78 is 5.71. The van der Waals surface area contributed by atoms with Crippen LogP contribution in [0, 0.1) is 0 Å². The number of benzene rings is 1. The summed E-state index contributed by atoms with van der Waals surface area (Å²) in [4.78, 5) is 13.7. The van der Waals surface area contributed by atoms with E-state index in [-0.39, 0.29) is 6.10 Å². The van der Waals surface area contributed by atoms with Gasteiger partial charge in [-0.3, -0.25) is 4.79 Å². The molecule has 0 fully saturated rings. The van der Waals surface area contributed by atoms with Crippen LogP contribution >= 0.6 is 0 Å². The largest absolute Gasteiger partial charge is 0.484 e. The van der Waals surface area contributed by atoms with Crippen molar-refractivity contribution < 1.29 is 9.53 Å². The molecule has 2 rings (SSSR count). The molecule has 0 saturated carbocycles. The number of aldehydes is 1. The highest BCUT2D eigenvalue weighted by Crippen LogP contribution is 2.20. The summed E-state index contributed by atoms with van der Waals surface area (Å²) >= 11 is 0. The van der Waals surface area contributed by atoms with E-state index >= 15 is 0 Å². The molecule has 0 bridgehead atoms. The zero-order valence-electron chi connectivity index (χ0n) is 9.01. The molecular weight excluding hydrogens is 202 g/mol. The summed E-state index contributed by atoms with van der Waals surface area (Å²) in [7, 11) is 0. The predicted octanol–water partition coefficient (Wildman–Crippen LogP) is 2.97. The molecular formula is C13H13NO2. The molecule has 2 aromatic rings. The van der Waals surface area contributed by atoms with E-state index in [0.717, 1.165) is 12.0 Å². The average molecular weight is 215 g/mol. The van der Waals surface area contributed by atoms with Gasteiger partial charge in [0.25, 0.3) is 0 Å². The summed E-state index contributed by atoms with van der Waals surface area (Å²) in [5.41, 5.74) is 1.63. The minimum atomic E-state index is -0.0584. The number of aromatic nitrogens is 1. The van der Waals surface area contributed by atoms with Crippen LogP contribution in [0.25, 0.3) is 0 Å². The normalized spacial score (nSPS) is 12.1. The quantitative estimate of drug-likeness (QED) is 0.797. The van der Waals surface area contributed by atoms with Crippen molar-refractivity contribution in [3.8, 4) is 5.75 Å². The van der Waals surface area contributed by atoms with E-state index in [9.17, 15) is 4.79 Å². The third-order valence-electron chi connectivity index (χ3n) is 2.37. The van der Waals surface area contributed by atoms with Crippen molar-refractivity contribution in [2.75, 3.05) is 0 Å². The Morgan fingerprint density at radius 1 is 1.31 bits per heavy atom. The maximum absolute atomic E-state index is 10.6. The van der Waals surface area contributed by atoms with E-state index < -0.39 is 0 Å². The molecule has 0 amide bonds. The van der Waals surface area contributed by atoms with Crippen molar-refractivity contribution >= 4 is 6.29 Å². The van der Waals surface area contributed by atoms with Crippen LogP contribution in [0.2, 0.25) is 0 Å². The maximum atomic E-state index is 10.6. The Kier molecular flexibility index (Phi) is 3.05. The summed E-state index contributed by atoms with van der Waals surface area (Å²) in [6, 6.07) is 11.0. The number of nitrogens with one attached hydrogen (secondary N) is 1. The van der Waals surface area contributed by atoms with Crippen LogP contribution in [-0.2, 0) is 0 Å². The molecule has 0 aliphatic carbocycles. The Labute approximate surface area is 94.1 Å². The van der Waals surface area contributed by atoms with Crippen LogP contribution in [0.15, 0.2) is 42.6 Å². The Morgan fingerprint density at radius 3 is 2.88 bits per heavy atom. The van der Waals surface area contributed by atoms with Crippen molar-refractivity contribution in [1.29, 1.82) is 0 Å². The fourth-order valence-corrected chi connectivity index (χ4v) is 1.53. The molecule has 0 spiro atoms. The van der Waals surface area contributed by atoms with Crippen LogP contribution in [0.3, 0.4) is 0 Å². The van der Waals surface area contributed by atoms with Crippen LogP contribution < -0.4 is 4.74 Å². The summed E-state index contributed by atoms with van der Waals surface area (Å²) in [5, 5.41) is 0. The molecule has 1 aromatic carbocycles. The van der Waals surface area contributed by atoms with E-state index in [4.69, 9.17) is 4.74 Å². The molecule has 0 aliphatic heterocycles. The fraction of sp³-hybridized carbons (Fsp3) is 0.154. The second kappa shape index (κ2) is 4.66. The average Bonchev–Trinajstić information content (AvgIpc) is 2.83. The van der Waals surface area contributed by atoms with Gasteiger partial charge < -0.3 is 9.72 Å². The summed E-state index contributed by atoms with van der Waals surface area (Å²) in [6.45, 7) is 1.96. The first-order valence-electron chi connectivity index (χ1n) is 5.15. The number of hydrogen-bond acceptors (Lipinski definition) is 2. The van der Waals surface area contributed by atoms with Crippen molar-refractivity contribution in [3.63, 3.8) is 0 Å². The van der Waals surface area contributed by atoms with E-state index in [0.29, 0.717) is 11.3 Å². The molecule has 1 atom stereocenters. The molecule has 0 saturated heterocycles. The number of ether oxygens (including phenoxy) is 1. The maximum Gasteiger partial charge on any atom is 0.150 e. The van der Waals surface area contributed by atoms with Gasteiger partial charge in [-0.1, -0.05) is 12.1 Å². The standard InChI is InChI=1S/C13H13NO2/c1-10(13-6-3-7-14-13)16-12-5-2-4-11(8-12)9-15/h2-10,14H,1H3. The first-order chi connectivity index (χ1) is 7.79. The molecule has 16 heavy (non-hydrogen) atoms. The van der Waals surface area contributed by atoms with Crippen molar-refractivity contribution in [2.24, 2.45) is 0 Å². The third-order valence-corrected chi connectivity index (χ3v) is 2.37. The lowest BCUT2D eigenvalue weighted by atomic mass is 10.2. The number of carbonyl (C=O) groups is 1. The SMILES string of the molecule is CC(Oc1cccc(C=O)c1)c1ccc[nH]1. The molecule has 3 nitrogen and oxygen atoms in total. The van der Waals surface area contributed by atoms with Gasteiger partial charge in [0.15, 0.2) is 0 Å². The van der Waals surface area contributed by atoms with E-state index in [1.54, 1.807) is 18.2 Å². The Balaban J connectivity index is 2.11. The first-order valence-corrected chi connectivity index (χ1v) is 5.15. The Hall–Kier alpha value is -2.03. The highest BCUT2D eigenvalue weighted by molar-refractivity contribution is 5.75. The second-order valence-corrected chi connectivity index (χ2v) is 3.58. The minimum Gasteiger partial charge on any atom is -0.484 e. The van der Waals surface area contributed by atoms with Crippen molar-refractivity contribution in [1.82, 2.24) is 4.98 Å². The van der Waals surface area contributed by atoms with Gasteiger partial charge in [-0.2, -0.15) is 0 Å². The Morgan fingerprint density at radius 2 is 2.19 bits per heavy atom. The molecule has 1 N–H and O–H groups in total. The fourth-order valence-electron chi connectivity index (χ4n) is 1.53. The van der Waals surface area contributed by atoms with Crippen molar-refractivity contribution in [2.45, 2.75) is 13.0 Å². The number of aromatic amines is 1. The minimum absolute atomic E-state index is 0.0584. The highest BCUT2D eigenvalue weighted by Gasteiger charge is 2.07. The number of H-pyrrole nitrogens is 1. The second-order valence-electron chi connectivity index (χ2n) is 3.58. The summed E-state index contributed by atoms with van der Waals surface area (Å²) in [5.74, 6) is 0.701. The molecule has 3 heteroatoms. The number of hydrogen-bond donors (Lipinski definition) is 1. The van der Waals surface area contributed by atoms with Gasteiger partial charge in [0.1, 0.15) is 18.1 Å². The van der Waals surface area contributed by atoms with Crippen LogP contribution in [-0.4, -0.2) is 11.3 Å². The van der Waals surface area contributed by atoms with Gasteiger partial charge in [-0.15, -0.1) is 0 Å². The molecule has 1 heterocycles. The number of rotatable bonds is 4. The van der Waals surface area contributed by atoms with Gasteiger partial charge in [-0.05, 0) is 31.2 Å². The van der Waals surface area contributed by atoms with Gasteiger partial charge in [-0.25, -0.2) is 0 Å². The molecule has 1 unspecified atom stereocenters. The molecule has 0 radical (unpaired) electrons. The highest BCUT2D eigenvalue weighted by atomic mass is 16.5. The molecule has 82 valence electrons. The van der Waals surface area contributed by atoms with E-state index in [2.05, 4.69) is 4.98 Å². The lowest BCUT2D eigenvalue weighted by Gasteiger charge is -2.13. The zero-order chi connectivity index (χ0) is 11.4. The van der Waals surface area contributed by atoms with Gasteiger partial charge >= 0.3 is 0 Å². The van der Waals surface area contributed by atoms with Crippen molar-refractivity contribution in [3.05, 3.63) is 53.9 Å².